The molecule has 0 spiro atoms. The summed E-state index contributed by atoms with van der Waals surface area (Å²) in [5.41, 5.74) is 0. The van der Waals surface area contributed by atoms with Crippen LogP contribution in [0, 0.1) is 0 Å². The molecule has 4 heteroatoms. The second-order valence-corrected chi connectivity index (χ2v) is 3.19. The van der Waals surface area contributed by atoms with Crippen molar-refractivity contribution in [2.45, 2.75) is 38.2 Å². The zero-order valence-corrected chi connectivity index (χ0v) is 6.86. The maximum Gasteiger partial charge on any atom is 0.229 e. The minimum absolute atomic E-state index is 0.129. The molecule has 1 aromatic rings. The van der Waals surface area contributed by atoms with Crippen LogP contribution in [0.5, 0.6) is 0 Å². The van der Waals surface area contributed by atoms with Crippen molar-refractivity contribution in [3.05, 3.63) is 11.7 Å². The fraction of sp³-hybridized carbons (Fsp3) is 0.750. The van der Waals surface area contributed by atoms with Gasteiger partial charge >= 0.3 is 0 Å². The van der Waals surface area contributed by atoms with Gasteiger partial charge in [-0.05, 0) is 12.8 Å². The molecule has 0 saturated heterocycles. The van der Waals surface area contributed by atoms with Crippen LogP contribution in [0.15, 0.2) is 4.52 Å². The molecule has 0 radical (unpaired) electrons. The van der Waals surface area contributed by atoms with Crippen LogP contribution in [-0.2, 0) is 6.61 Å². The number of aromatic nitrogens is 2. The Labute approximate surface area is 70.6 Å². The number of aliphatic hydroxyl groups excluding tert-OH is 1. The number of hydrogen-bond acceptors (Lipinski definition) is 4. The number of rotatable bonds is 2. The van der Waals surface area contributed by atoms with Crippen LogP contribution in [0.2, 0.25) is 0 Å². The van der Waals surface area contributed by atoms with Gasteiger partial charge in [0.1, 0.15) is 6.61 Å². The summed E-state index contributed by atoms with van der Waals surface area (Å²) in [6, 6.07) is 0. The molecule has 0 aromatic carbocycles. The molecule has 0 aliphatic heterocycles. The van der Waals surface area contributed by atoms with Gasteiger partial charge in [0.25, 0.3) is 0 Å². The first-order valence-corrected chi connectivity index (χ1v) is 4.33. The van der Waals surface area contributed by atoms with E-state index in [-0.39, 0.29) is 6.61 Å². The summed E-state index contributed by atoms with van der Waals surface area (Å²) in [6.07, 6.45) is 4.79. The summed E-state index contributed by atoms with van der Waals surface area (Å²) in [7, 11) is 0. The monoisotopic (exact) mass is 168 g/mol. The molecule has 1 saturated carbocycles. The first kappa shape index (κ1) is 7.73. The van der Waals surface area contributed by atoms with Gasteiger partial charge in [0, 0.05) is 5.92 Å². The lowest BCUT2D eigenvalue weighted by atomic mass is 10.1. The number of hydrogen-bond donors (Lipinski definition) is 1. The standard InChI is InChI=1S/C8H12N2O2/c11-5-7-9-8(12-10-7)6-3-1-2-4-6/h6,11H,1-5H2. The van der Waals surface area contributed by atoms with Gasteiger partial charge in [-0.3, -0.25) is 0 Å². The van der Waals surface area contributed by atoms with Crippen molar-refractivity contribution in [3.63, 3.8) is 0 Å². The fourth-order valence-corrected chi connectivity index (χ4v) is 1.67. The fourth-order valence-electron chi connectivity index (χ4n) is 1.67. The Hall–Kier alpha value is -0.900. The molecule has 0 unspecified atom stereocenters. The predicted octanol–water partition coefficient (Wildman–Crippen LogP) is 1.22. The van der Waals surface area contributed by atoms with E-state index in [1.165, 1.54) is 12.8 Å². The molecule has 66 valence electrons. The van der Waals surface area contributed by atoms with Gasteiger partial charge in [0.05, 0.1) is 0 Å². The number of aliphatic hydroxyl groups is 1. The second-order valence-electron chi connectivity index (χ2n) is 3.19. The third kappa shape index (κ3) is 1.34. The second kappa shape index (κ2) is 3.23. The molecule has 1 aliphatic carbocycles. The zero-order valence-electron chi connectivity index (χ0n) is 6.86. The van der Waals surface area contributed by atoms with E-state index < -0.39 is 0 Å². The lowest BCUT2D eigenvalue weighted by molar-refractivity contribution is 0.262. The summed E-state index contributed by atoms with van der Waals surface area (Å²) in [5.74, 6) is 1.55. The van der Waals surface area contributed by atoms with Gasteiger partial charge in [-0.15, -0.1) is 0 Å². The third-order valence-electron chi connectivity index (χ3n) is 2.33. The molecule has 0 atom stereocenters. The lowest BCUT2D eigenvalue weighted by Crippen LogP contribution is -1.93. The van der Waals surface area contributed by atoms with Crippen molar-refractivity contribution in [1.82, 2.24) is 10.1 Å². The highest BCUT2D eigenvalue weighted by Gasteiger charge is 2.22. The van der Waals surface area contributed by atoms with Crippen LogP contribution in [-0.4, -0.2) is 15.2 Å². The summed E-state index contributed by atoms with van der Waals surface area (Å²) in [4.78, 5) is 4.08. The first-order chi connectivity index (χ1) is 5.90. The van der Waals surface area contributed by atoms with E-state index in [4.69, 9.17) is 9.63 Å². The molecule has 0 amide bonds. The van der Waals surface area contributed by atoms with E-state index in [9.17, 15) is 0 Å². The average molecular weight is 168 g/mol. The van der Waals surface area contributed by atoms with E-state index in [0.717, 1.165) is 12.8 Å². The molecule has 1 aromatic heterocycles. The van der Waals surface area contributed by atoms with E-state index in [2.05, 4.69) is 10.1 Å². The van der Waals surface area contributed by atoms with Crippen molar-refractivity contribution in [2.24, 2.45) is 0 Å². The Balaban J connectivity index is 2.11. The Morgan fingerprint density at radius 3 is 2.75 bits per heavy atom. The molecule has 1 N–H and O–H groups in total. The molecule has 1 aliphatic rings. The maximum atomic E-state index is 8.71. The highest BCUT2D eigenvalue weighted by atomic mass is 16.5. The quantitative estimate of drug-likeness (QED) is 0.721. The number of nitrogens with zero attached hydrogens (tertiary/aromatic N) is 2. The van der Waals surface area contributed by atoms with Crippen molar-refractivity contribution in [3.8, 4) is 0 Å². The van der Waals surface area contributed by atoms with Gasteiger partial charge < -0.3 is 9.63 Å². The summed E-state index contributed by atoms with van der Waals surface area (Å²) < 4.78 is 5.02. The van der Waals surface area contributed by atoms with Crippen LogP contribution in [0.1, 0.15) is 43.3 Å². The van der Waals surface area contributed by atoms with Crippen LogP contribution in [0.25, 0.3) is 0 Å². The van der Waals surface area contributed by atoms with Crippen molar-refractivity contribution >= 4 is 0 Å². The van der Waals surface area contributed by atoms with Crippen LogP contribution >= 0.6 is 0 Å². The third-order valence-corrected chi connectivity index (χ3v) is 2.33. The summed E-state index contributed by atoms with van der Waals surface area (Å²) in [5, 5.41) is 12.4. The molecule has 0 bridgehead atoms. The highest BCUT2D eigenvalue weighted by molar-refractivity contribution is 4.95. The van der Waals surface area contributed by atoms with Gasteiger partial charge in [-0.2, -0.15) is 4.98 Å². The molecule has 1 heterocycles. The SMILES string of the molecule is OCc1noc(C2CCCC2)n1. The van der Waals surface area contributed by atoms with Crippen LogP contribution < -0.4 is 0 Å². The van der Waals surface area contributed by atoms with E-state index in [1.54, 1.807) is 0 Å². The molecule has 1 fully saturated rings. The lowest BCUT2D eigenvalue weighted by Gasteiger charge is -1.98. The Kier molecular flexibility index (Phi) is 2.08. The molecule has 2 rings (SSSR count). The smallest absolute Gasteiger partial charge is 0.229 e. The summed E-state index contributed by atoms with van der Waals surface area (Å²) >= 11 is 0. The summed E-state index contributed by atoms with van der Waals surface area (Å²) in [6.45, 7) is -0.129. The minimum Gasteiger partial charge on any atom is -0.388 e. The van der Waals surface area contributed by atoms with Gasteiger partial charge in [0.15, 0.2) is 5.82 Å². The van der Waals surface area contributed by atoms with Crippen molar-refractivity contribution in [1.29, 1.82) is 0 Å². The van der Waals surface area contributed by atoms with Crippen LogP contribution in [0.4, 0.5) is 0 Å². The van der Waals surface area contributed by atoms with Crippen LogP contribution in [0.3, 0.4) is 0 Å². The molecular formula is C8H12N2O2. The van der Waals surface area contributed by atoms with Gasteiger partial charge in [-0.25, -0.2) is 0 Å². The average Bonchev–Trinajstić information content (AvgIpc) is 2.75. The van der Waals surface area contributed by atoms with Gasteiger partial charge in [0.2, 0.25) is 5.89 Å². The predicted molar refractivity (Wildman–Crippen MR) is 41.4 cm³/mol. The highest BCUT2D eigenvalue weighted by Crippen LogP contribution is 2.32. The van der Waals surface area contributed by atoms with Gasteiger partial charge in [-0.1, -0.05) is 18.0 Å². The Morgan fingerprint density at radius 1 is 1.42 bits per heavy atom. The van der Waals surface area contributed by atoms with E-state index >= 15 is 0 Å². The topological polar surface area (TPSA) is 59.2 Å². The normalized spacial score (nSPS) is 18.8. The zero-order chi connectivity index (χ0) is 8.39. The molecular weight excluding hydrogens is 156 g/mol. The Morgan fingerprint density at radius 2 is 2.17 bits per heavy atom. The molecule has 12 heavy (non-hydrogen) atoms. The first-order valence-electron chi connectivity index (χ1n) is 4.33. The van der Waals surface area contributed by atoms with Crippen molar-refractivity contribution < 1.29 is 9.63 Å². The van der Waals surface area contributed by atoms with E-state index in [1.807, 2.05) is 0 Å². The largest absolute Gasteiger partial charge is 0.388 e. The maximum absolute atomic E-state index is 8.71. The van der Waals surface area contributed by atoms with E-state index in [0.29, 0.717) is 17.6 Å². The molecule has 4 nitrogen and oxygen atoms in total. The minimum atomic E-state index is -0.129. The Bertz CT molecular complexity index is 253. The van der Waals surface area contributed by atoms with Crippen molar-refractivity contribution in [2.75, 3.05) is 0 Å².